The second kappa shape index (κ2) is 5.67. The molecule has 0 spiro atoms. The molecule has 0 radical (unpaired) electrons. The summed E-state index contributed by atoms with van der Waals surface area (Å²) in [6, 6.07) is 5.50. The Bertz CT molecular complexity index is 388. The first kappa shape index (κ1) is 14.0. The Morgan fingerprint density at radius 3 is 2.44 bits per heavy atom. The molecule has 0 bridgehead atoms. The average Bonchev–Trinajstić information content (AvgIpc) is 2.38. The molecule has 1 fully saturated rings. The first-order valence-electron chi connectivity index (χ1n) is 5.99. The predicted octanol–water partition coefficient (Wildman–Crippen LogP) is 4.36. The van der Waals surface area contributed by atoms with Gasteiger partial charge < -0.3 is 4.90 Å². The van der Waals surface area contributed by atoms with E-state index in [-0.39, 0.29) is 0 Å². The van der Waals surface area contributed by atoms with Crippen molar-refractivity contribution in [1.82, 2.24) is 0 Å². The minimum absolute atomic E-state index is 0.575. The van der Waals surface area contributed by atoms with Crippen LogP contribution < -0.4 is 4.90 Å². The quantitative estimate of drug-likeness (QED) is 0.553. The van der Waals surface area contributed by atoms with Gasteiger partial charge in [0.2, 0.25) is 0 Å². The van der Waals surface area contributed by atoms with Gasteiger partial charge >= 0.3 is 6.18 Å². The minimum atomic E-state index is -4.24. The lowest BCUT2D eigenvalue weighted by Gasteiger charge is -2.33. The molecule has 1 unspecified atom stereocenters. The Morgan fingerprint density at radius 2 is 1.89 bits per heavy atom. The lowest BCUT2D eigenvalue weighted by Crippen LogP contribution is -2.35. The van der Waals surface area contributed by atoms with Crippen LogP contribution in [0.2, 0.25) is 0 Å². The first-order chi connectivity index (χ1) is 8.50. The van der Waals surface area contributed by atoms with Gasteiger partial charge in [-0.25, -0.2) is 0 Å². The van der Waals surface area contributed by atoms with Crippen molar-refractivity contribution in [3.8, 4) is 0 Å². The number of nitrogens with zero attached hydrogens (tertiary/aromatic N) is 1. The Labute approximate surface area is 118 Å². The first-order valence-corrected chi connectivity index (χ1v) is 7.51. The van der Waals surface area contributed by atoms with E-state index in [1.54, 1.807) is 12.1 Å². The molecule has 1 saturated heterocycles. The maximum Gasteiger partial charge on any atom is 0.416 e. The van der Waals surface area contributed by atoms with Crippen molar-refractivity contribution in [3.63, 3.8) is 0 Å². The molecule has 5 heteroatoms. The average molecular weight is 369 g/mol. The second-order valence-corrected chi connectivity index (χ2v) is 5.53. The number of hydrogen-bond acceptors (Lipinski definition) is 1. The third-order valence-corrected chi connectivity index (χ3v) is 4.54. The van der Waals surface area contributed by atoms with Gasteiger partial charge in [0.25, 0.3) is 0 Å². The molecule has 0 amide bonds. The molecule has 2 rings (SSSR count). The summed E-state index contributed by atoms with van der Waals surface area (Å²) < 4.78 is 38.5. The SMILES string of the molecule is FC(F)(F)c1ccc(N2CCCC(CI)C2)cc1. The predicted molar refractivity (Wildman–Crippen MR) is 75.3 cm³/mol. The number of hydrogen-bond donors (Lipinski definition) is 0. The zero-order valence-corrected chi connectivity index (χ0v) is 12.0. The van der Waals surface area contributed by atoms with Crippen molar-refractivity contribution >= 4 is 28.3 Å². The molecule has 1 aliphatic heterocycles. The van der Waals surface area contributed by atoms with E-state index in [4.69, 9.17) is 0 Å². The highest BCUT2D eigenvalue weighted by molar-refractivity contribution is 14.1. The molecule has 0 saturated carbocycles. The molecule has 1 heterocycles. The van der Waals surface area contributed by atoms with Crippen LogP contribution in [0.5, 0.6) is 0 Å². The number of rotatable bonds is 2. The number of piperidine rings is 1. The van der Waals surface area contributed by atoms with Crippen LogP contribution in [0, 0.1) is 5.92 Å². The van der Waals surface area contributed by atoms with E-state index < -0.39 is 11.7 Å². The number of halogens is 4. The standard InChI is InChI=1S/C13H15F3IN/c14-13(15,16)11-3-5-12(6-4-11)18-7-1-2-10(8-17)9-18/h3-6,10H,1-2,7-9H2. The van der Waals surface area contributed by atoms with E-state index in [2.05, 4.69) is 27.5 Å². The van der Waals surface area contributed by atoms with Crippen LogP contribution in [0.25, 0.3) is 0 Å². The van der Waals surface area contributed by atoms with Gasteiger partial charge in [0, 0.05) is 23.2 Å². The molecule has 0 aliphatic carbocycles. The fraction of sp³-hybridized carbons (Fsp3) is 0.538. The molecule has 0 aromatic heterocycles. The van der Waals surface area contributed by atoms with Crippen LogP contribution in [0.4, 0.5) is 18.9 Å². The smallest absolute Gasteiger partial charge is 0.371 e. The monoisotopic (exact) mass is 369 g/mol. The number of anilines is 1. The van der Waals surface area contributed by atoms with Crippen molar-refractivity contribution in [2.45, 2.75) is 19.0 Å². The van der Waals surface area contributed by atoms with Gasteiger partial charge in [0.1, 0.15) is 0 Å². The Balaban J connectivity index is 2.09. The molecular weight excluding hydrogens is 354 g/mol. The third kappa shape index (κ3) is 3.30. The lowest BCUT2D eigenvalue weighted by atomic mass is 9.99. The highest BCUT2D eigenvalue weighted by Gasteiger charge is 2.30. The van der Waals surface area contributed by atoms with Gasteiger partial charge in [-0.15, -0.1) is 0 Å². The Morgan fingerprint density at radius 1 is 1.22 bits per heavy atom. The zero-order valence-electron chi connectivity index (χ0n) is 9.88. The van der Waals surface area contributed by atoms with Crippen molar-refractivity contribution in [2.24, 2.45) is 5.92 Å². The van der Waals surface area contributed by atoms with Crippen LogP contribution in [0.15, 0.2) is 24.3 Å². The van der Waals surface area contributed by atoms with Crippen LogP contribution in [0.3, 0.4) is 0 Å². The molecular formula is C13H15F3IN. The second-order valence-electron chi connectivity index (χ2n) is 4.65. The van der Waals surface area contributed by atoms with E-state index in [9.17, 15) is 13.2 Å². The maximum absolute atomic E-state index is 12.5. The topological polar surface area (TPSA) is 3.24 Å². The molecule has 1 aliphatic rings. The van der Waals surface area contributed by atoms with Gasteiger partial charge in [0.05, 0.1) is 5.56 Å². The van der Waals surface area contributed by atoms with Gasteiger partial charge in [-0.1, -0.05) is 22.6 Å². The molecule has 1 aromatic carbocycles. The summed E-state index contributed by atoms with van der Waals surface area (Å²) in [4.78, 5) is 2.19. The maximum atomic E-state index is 12.5. The molecule has 100 valence electrons. The van der Waals surface area contributed by atoms with Gasteiger partial charge in [-0.2, -0.15) is 13.2 Å². The molecule has 18 heavy (non-hydrogen) atoms. The van der Waals surface area contributed by atoms with Crippen LogP contribution in [-0.2, 0) is 6.18 Å². The summed E-state index contributed by atoms with van der Waals surface area (Å²) >= 11 is 2.38. The Hall–Kier alpha value is -0.460. The van der Waals surface area contributed by atoms with E-state index in [0.717, 1.165) is 29.6 Å². The van der Waals surface area contributed by atoms with Crippen molar-refractivity contribution in [2.75, 3.05) is 22.4 Å². The van der Waals surface area contributed by atoms with Gasteiger partial charge in [-0.3, -0.25) is 0 Å². The summed E-state index contributed by atoms with van der Waals surface area (Å²) in [7, 11) is 0. The number of alkyl halides is 4. The molecule has 0 N–H and O–H groups in total. The molecule has 1 atom stereocenters. The number of benzene rings is 1. The van der Waals surface area contributed by atoms with E-state index in [1.165, 1.54) is 18.6 Å². The zero-order chi connectivity index (χ0) is 13.2. The fourth-order valence-electron chi connectivity index (χ4n) is 2.29. The highest BCUT2D eigenvalue weighted by Crippen LogP contribution is 2.31. The van der Waals surface area contributed by atoms with Crippen LogP contribution in [0.1, 0.15) is 18.4 Å². The van der Waals surface area contributed by atoms with Crippen molar-refractivity contribution in [1.29, 1.82) is 0 Å². The van der Waals surface area contributed by atoms with E-state index in [0.29, 0.717) is 5.92 Å². The summed E-state index contributed by atoms with van der Waals surface area (Å²) in [6.07, 6.45) is -1.90. The van der Waals surface area contributed by atoms with Gasteiger partial charge in [0.15, 0.2) is 0 Å². The third-order valence-electron chi connectivity index (χ3n) is 3.30. The molecule has 1 nitrogen and oxygen atoms in total. The van der Waals surface area contributed by atoms with Crippen molar-refractivity contribution < 1.29 is 13.2 Å². The van der Waals surface area contributed by atoms with Crippen LogP contribution >= 0.6 is 22.6 Å². The highest BCUT2D eigenvalue weighted by atomic mass is 127. The van der Waals surface area contributed by atoms with Crippen LogP contribution in [-0.4, -0.2) is 17.5 Å². The minimum Gasteiger partial charge on any atom is -0.371 e. The largest absolute Gasteiger partial charge is 0.416 e. The summed E-state index contributed by atoms with van der Waals surface area (Å²) in [5.41, 5.74) is 0.325. The lowest BCUT2D eigenvalue weighted by molar-refractivity contribution is -0.137. The Kier molecular flexibility index (Phi) is 4.40. The normalized spacial score (nSPS) is 21.1. The van der Waals surface area contributed by atoms with Crippen molar-refractivity contribution in [3.05, 3.63) is 29.8 Å². The fourth-order valence-corrected chi connectivity index (χ4v) is 3.01. The van der Waals surface area contributed by atoms with Gasteiger partial charge in [-0.05, 0) is 43.0 Å². The summed E-state index contributed by atoms with van der Waals surface area (Å²) in [5.74, 6) is 0.654. The van der Waals surface area contributed by atoms with E-state index >= 15 is 0 Å². The molecule has 1 aromatic rings. The summed E-state index contributed by atoms with van der Waals surface area (Å²) in [5, 5.41) is 0. The van der Waals surface area contributed by atoms with E-state index in [1.807, 2.05) is 0 Å². The summed E-state index contributed by atoms with van der Waals surface area (Å²) in [6.45, 7) is 1.90.